The maximum absolute atomic E-state index is 6.62. The topological polar surface area (TPSA) is 46.2 Å². The van der Waals surface area contributed by atoms with E-state index in [9.17, 15) is 0 Å². The van der Waals surface area contributed by atoms with Crippen LogP contribution >= 0.6 is 0 Å². The zero-order valence-electron chi connectivity index (χ0n) is 25.6. The van der Waals surface area contributed by atoms with Gasteiger partial charge in [-0.2, -0.15) is 0 Å². The van der Waals surface area contributed by atoms with Crippen LogP contribution in [0.4, 0.5) is 0 Å². The molecule has 0 bridgehead atoms. The molecule has 0 radical (unpaired) electrons. The molecule has 0 spiro atoms. The second-order valence-corrected chi connectivity index (χ2v) is 22.7. The first kappa shape index (κ1) is 35.0. The average molecular weight is 533 g/mol. The molecule has 3 atom stereocenters. The Balaban J connectivity index is 4.64. The third kappa shape index (κ3) is 14.5. The summed E-state index contributed by atoms with van der Waals surface area (Å²) in [7, 11) is -1.85. The van der Waals surface area contributed by atoms with Gasteiger partial charge in [0.1, 0.15) is 6.79 Å². The normalized spacial score (nSPS) is 16.6. The summed E-state index contributed by atoms with van der Waals surface area (Å²) >= 11 is 0. The SMILES string of the molecule is COCCOCO[C@@H](C/C=C\CCC[C@H](C)CO[Si](C)(C)C(C)(C)C)[C@H](C)O[Si](C)(C)C(C)(C)C. The summed E-state index contributed by atoms with van der Waals surface area (Å²) in [6, 6.07) is 0. The summed E-state index contributed by atoms with van der Waals surface area (Å²) in [6.07, 6.45) is 8.81. The van der Waals surface area contributed by atoms with Crippen LogP contribution in [0, 0.1) is 5.92 Å². The highest BCUT2D eigenvalue weighted by Gasteiger charge is 2.40. The van der Waals surface area contributed by atoms with Crippen molar-refractivity contribution in [2.75, 3.05) is 33.7 Å². The molecule has 7 heteroatoms. The minimum Gasteiger partial charge on any atom is -0.417 e. The Kier molecular flexibility index (Phi) is 16.0. The van der Waals surface area contributed by atoms with E-state index in [1.807, 2.05) is 0 Å². The van der Waals surface area contributed by atoms with E-state index in [0.29, 0.717) is 19.1 Å². The van der Waals surface area contributed by atoms with Gasteiger partial charge in [0, 0.05) is 13.7 Å². The molecule has 0 unspecified atom stereocenters. The van der Waals surface area contributed by atoms with Crippen LogP contribution in [0.1, 0.15) is 81.1 Å². The van der Waals surface area contributed by atoms with Crippen LogP contribution in [0.25, 0.3) is 0 Å². The van der Waals surface area contributed by atoms with E-state index in [4.69, 9.17) is 23.1 Å². The molecular formula is C28H60O5Si2. The van der Waals surface area contributed by atoms with Crippen LogP contribution < -0.4 is 0 Å². The van der Waals surface area contributed by atoms with Gasteiger partial charge in [-0.15, -0.1) is 0 Å². The Morgan fingerprint density at radius 1 is 0.829 bits per heavy atom. The van der Waals surface area contributed by atoms with Gasteiger partial charge in [-0.3, -0.25) is 0 Å². The van der Waals surface area contributed by atoms with Crippen molar-refractivity contribution in [2.45, 2.75) is 130 Å². The van der Waals surface area contributed by atoms with Gasteiger partial charge in [0.2, 0.25) is 0 Å². The van der Waals surface area contributed by atoms with Gasteiger partial charge in [0.15, 0.2) is 16.6 Å². The molecule has 0 heterocycles. The largest absolute Gasteiger partial charge is 0.417 e. The van der Waals surface area contributed by atoms with Crippen LogP contribution in [0.2, 0.25) is 36.3 Å². The molecule has 0 saturated heterocycles. The van der Waals surface area contributed by atoms with Gasteiger partial charge in [-0.05, 0) is 74.8 Å². The Labute approximate surface area is 220 Å². The first-order chi connectivity index (χ1) is 15.9. The summed E-state index contributed by atoms with van der Waals surface area (Å²) in [5.74, 6) is 0.593. The molecule has 35 heavy (non-hydrogen) atoms. The van der Waals surface area contributed by atoms with E-state index in [2.05, 4.69) is 93.7 Å². The molecule has 0 aliphatic heterocycles. The maximum atomic E-state index is 6.62. The summed E-state index contributed by atoms with van der Waals surface area (Å²) in [6.45, 7) is 29.7. The zero-order valence-corrected chi connectivity index (χ0v) is 27.6. The van der Waals surface area contributed by atoms with E-state index in [1.165, 1.54) is 12.8 Å². The molecule has 0 aliphatic rings. The molecular weight excluding hydrogens is 472 g/mol. The highest BCUT2D eigenvalue weighted by molar-refractivity contribution is 6.74. The molecule has 0 N–H and O–H groups in total. The Bertz CT molecular complexity index is 579. The number of methoxy groups -OCH3 is 1. The van der Waals surface area contributed by atoms with Crippen molar-refractivity contribution < 1.29 is 23.1 Å². The lowest BCUT2D eigenvalue weighted by Crippen LogP contribution is -2.46. The molecule has 0 fully saturated rings. The number of rotatable bonds is 18. The van der Waals surface area contributed by atoms with E-state index >= 15 is 0 Å². The van der Waals surface area contributed by atoms with Gasteiger partial charge >= 0.3 is 0 Å². The monoisotopic (exact) mass is 532 g/mol. The molecule has 0 saturated carbocycles. The van der Waals surface area contributed by atoms with E-state index in [1.54, 1.807) is 7.11 Å². The minimum atomic E-state index is -1.87. The fourth-order valence-corrected chi connectivity index (χ4v) is 5.60. The summed E-state index contributed by atoms with van der Waals surface area (Å²) in [5, 5.41) is 0.440. The average Bonchev–Trinajstić information content (AvgIpc) is 2.71. The summed E-state index contributed by atoms with van der Waals surface area (Å²) in [4.78, 5) is 0. The number of hydrogen-bond acceptors (Lipinski definition) is 5. The summed E-state index contributed by atoms with van der Waals surface area (Å²) < 4.78 is 29.7. The van der Waals surface area contributed by atoms with Crippen molar-refractivity contribution >= 4 is 16.6 Å². The van der Waals surface area contributed by atoms with Crippen LogP contribution in [0.15, 0.2) is 12.2 Å². The highest BCUT2D eigenvalue weighted by Crippen LogP contribution is 2.38. The predicted octanol–water partition coefficient (Wildman–Crippen LogP) is 8.18. The molecule has 0 amide bonds. The van der Waals surface area contributed by atoms with Crippen molar-refractivity contribution in [3.8, 4) is 0 Å². The van der Waals surface area contributed by atoms with Crippen LogP contribution in [-0.4, -0.2) is 62.6 Å². The van der Waals surface area contributed by atoms with Crippen LogP contribution in [0.3, 0.4) is 0 Å². The Hall–Kier alpha value is -0.0262. The second kappa shape index (κ2) is 16.0. The third-order valence-corrected chi connectivity index (χ3v) is 16.8. The maximum Gasteiger partial charge on any atom is 0.192 e. The highest BCUT2D eigenvalue weighted by atomic mass is 28.4. The molecule has 5 nitrogen and oxygen atoms in total. The number of allylic oxidation sites excluding steroid dienone is 1. The molecule has 210 valence electrons. The summed E-state index contributed by atoms with van der Waals surface area (Å²) in [5.41, 5.74) is 0. The first-order valence-electron chi connectivity index (χ1n) is 13.6. The molecule has 0 aromatic carbocycles. The van der Waals surface area contributed by atoms with Gasteiger partial charge in [-0.1, -0.05) is 60.6 Å². The molecule has 0 aliphatic carbocycles. The number of hydrogen-bond donors (Lipinski definition) is 0. The van der Waals surface area contributed by atoms with Gasteiger partial charge < -0.3 is 23.1 Å². The van der Waals surface area contributed by atoms with Crippen molar-refractivity contribution in [1.29, 1.82) is 0 Å². The second-order valence-electron chi connectivity index (χ2n) is 13.1. The number of ether oxygens (including phenoxy) is 3. The quantitative estimate of drug-likeness (QED) is 0.0771. The van der Waals surface area contributed by atoms with Crippen molar-refractivity contribution in [3.05, 3.63) is 12.2 Å². The lowest BCUT2D eigenvalue weighted by atomic mass is 10.0. The van der Waals surface area contributed by atoms with Crippen molar-refractivity contribution in [1.82, 2.24) is 0 Å². The smallest absolute Gasteiger partial charge is 0.192 e. The molecule has 0 aromatic heterocycles. The standard InChI is InChI=1S/C28H60O5Si2/c1-24(22-32-34(10,11)27(3,4)5)18-16-14-15-17-19-26(31-23-30-21-20-29-9)25(2)33-35(12,13)28(6,7)8/h15,17,24-26H,14,16,18-23H2,1-13H3/b17-15-/t24-,25-,26-/m0/s1. The zero-order chi connectivity index (χ0) is 27.3. The fraction of sp³-hybridized carbons (Fsp3) is 0.929. The lowest BCUT2D eigenvalue weighted by molar-refractivity contribution is -0.122. The third-order valence-electron chi connectivity index (χ3n) is 7.75. The Morgan fingerprint density at radius 2 is 1.43 bits per heavy atom. The van der Waals surface area contributed by atoms with E-state index in [0.717, 1.165) is 19.4 Å². The van der Waals surface area contributed by atoms with Gasteiger partial charge in [0.05, 0.1) is 25.4 Å². The van der Waals surface area contributed by atoms with E-state index < -0.39 is 16.6 Å². The van der Waals surface area contributed by atoms with Gasteiger partial charge in [0.25, 0.3) is 0 Å². The first-order valence-corrected chi connectivity index (χ1v) is 19.4. The Morgan fingerprint density at radius 3 is 1.97 bits per heavy atom. The number of unbranched alkanes of at least 4 members (excludes halogenated alkanes) is 1. The fourth-order valence-electron chi connectivity index (χ4n) is 3.03. The molecule has 0 rings (SSSR count). The van der Waals surface area contributed by atoms with Crippen molar-refractivity contribution in [2.24, 2.45) is 5.92 Å². The van der Waals surface area contributed by atoms with Gasteiger partial charge in [-0.25, -0.2) is 0 Å². The van der Waals surface area contributed by atoms with Crippen LogP contribution in [-0.2, 0) is 23.1 Å². The molecule has 0 aromatic rings. The lowest BCUT2D eigenvalue weighted by Gasteiger charge is -2.40. The van der Waals surface area contributed by atoms with Crippen molar-refractivity contribution in [3.63, 3.8) is 0 Å². The predicted molar refractivity (Wildman–Crippen MR) is 155 cm³/mol. The van der Waals surface area contributed by atoms with E-state index in [-0.39, 0.29) is 29.1 Å². The minimum absolute atomic E-state index is 0.0130. The van der Waals surface area contributed by atoms with Crippen LogP contribution in [0.5, 0.6) is 0 Å².